The summed E-state index contributed by atoms with van der Waals surface area (Å²) in [6, 6.07) is 16.5. The molecular weight excluding hydrogens is 231 g/mol. The number of hydrogen-bond donors (Lipinski definition) is 1. The van der Waals surface area contributed by atoms with E-state index in [1.54, 1.807) is 12.1 Å². The number of rotatable bonds is 3. The molecule has 0 radical (unpaired) electrons. The van der Waals surface area contributed by atoms with Gasteiger partial charge in [-0.3, -0.25) is 0 Å². The van der Waals surface area contributed by atoms with Crippen molar-refractivity contribution in [3.05, 3.63) is 71.5 Å². The Balaban J connectivity index is 2.33. The lowest BCUT2D eigenvalue weighted by atomic mass is 10.0. The van der Waals surface area contributed by atoms with Gasteiger partial charge in [0, 0.05) is 5.75 Å². The van der Waals surface area contributed by atoms with Crippen LogP contribution in [-0.2, 0) is 0 Å². The highest BCUT2D eigenvalue weighted by Crippen LogP contribution is 2.19. The summed E-state index contributed by atoms with van der Waals surface area (Å²) in [5.74, 6) is 0.441. The minimum Gasteiger partial charge on any atom is -0.207 e. The van der Waals surface area contributed by atoms with Crippen LogP contribution in [0.2, 0.25) is 0 Å². The van der Waals surface area contributed by atoms with Crippen LogP contribution in [0.25, 0.3) is 11.6 Å². The van der Waals surface area contributed by atoms with Crippen LogP contribution in [-0.4, -0.2) is 5.75 Å². The van der Waals surface area contributed by atoms with Crippen LogP contribution in [0.1, 0.15) is 11.1 Å². The fourth-order valence-corrected chi connectivity index (χ4v) is 1.91. The van der Waals surface area contributed by atoms with Crippen molar-refractivity contribution < 1.29 is 4.39 Å². The van der Waals surface area contributed by atoms with E-state index in [2.05, 4.69) is 12.6 Å². The molecule has 0 bridgehead atoms. The molecular formula is C15H13FS. The van der Waals surface area contributed by atoms with Crippen LogP contribution < -0.4 is 0 Å². The van der Waals surface area contributed by atoms with Crippen LogP contribution in [0.5, 0.6) is 0 Å². The molecule has 2 heteroatoms. The van der Waals surface area contributed by atoms with E-state index in [1.807, 2.05) is 36.4 Å². The van der Waals surface area contributed by atoms with Gasteiger partial charge in [0.25, 0.3) is 0 Å². The van der Waals surface area contributed by atoms with Crippen molar-refractivity contribution in [3.63, 3.8) is 0 Å². The quantitative estimate of drug-likeness (QED) is 0.604. The van der Waals surface area contributed by atoms with Crippen LogP contribution in [0.3, 0.4) is 0 Å². The Labute approximate surface area is 106 Å². The molecule has 0 heterocycles. The lowest BCUT2D eigenvalue weighted by molar-refractivity contribution is 0.628. The van der Waals surface area contributed by atoms with Crippen molar-refractivity contribution in [3.8, 4) is 0 Å². The fraction of sp³-hybridized carbons (Fsp3) is 0.0667. The highest BCUT2D eigenvalue weighted by molar-refractivity contribution is 7.80. The van der Waals surface area contributed by atoms with Crippen LogP contribution in [0.4, 0.5) is 4.39 Å². The monoisotopic (exact) mass is 244 g/mol. The van der Waals surface area contributed by atoms with Crippen molar-refractivity contribution in [1.82, 2.24) is 0 Å². The molecule has 2 rings (SSSR count). The molecule has 0 N–H and O–H groups in total. The van der Waals surface area contributed by atoms with Crippen molar-refractivity contribution >= 4 is 24.3 Å². The van der Waals surface area contributed by atoms with Gasteiger partial charge in [0.15, 0.2) is 0 Å². The standard InChI is InChI=1S/C15H13FS/c16-15-8-6-12(7-9-15)10-14(11-17)13-4-2-1-3-5-13/h1-10,17H,11H2. The Bertz CT molecular complexity index is 500. The molecule has 86 valence electrons. The Morgan fingerprint density at radius 3 is 2.24 bits per heavy atom. The molecule has 0 fully saturated rings. The van der Waals surface area contributed by atoms with Crippen molar-refractivity contribution in [2.24, 2.45) is 0 Å². The van der Waals surface area contributed by atoms with Crippen LogP contribution in [0, 0.1) is 5.82 Å². The highest BCUT2D eigenvalue weighted by atomic mass is 32.1. The summed E-state index contributed by atoms with van der Waals surface area (Å²) in [7, 11) is 0. The Hall–Kier alpha value is -1.54. The lowest BCUT2D eigenvalue weighted by Gasteiger charge is -2.04. The largest absolute Gasteiger partial charge is 0.207 e. The molecule has 0 nitrogen and oxygen atoms in total. The number of thiol groups is 1. The third-order valence-electron chi connectivity index (χ3n) is 2.53. The minimum absolute atomic E-state index is 0.214. The van der Waals surface area contributed by atoms with E-state index in [-0.39, 0.29) is 5.82 Å². The van der Waals surface area contributed by atoms with Gasteiger partial charge in [-0.15, -0.1) is 0 Å². The zero-order chi connectivity index (χ0) is 12.1. The molecule has 17 heavy (non-hydrogen) atoms. The van der Waals surface area contributed by atoms with E-state index >= 15 is 0 Å². The van der Waals surface area contributed by atoms with Gasteiger partial charge in [0.05, 0.1) is 0 Å². The second-order valence-electron chi connectivity index (χ2n) is 3.75. The molecule has 2 aromatic carbocycles. The summed E-state index contributed by atoms with van der Waals surface area (Å²) >= 11 is 4.34. The van der Waals surface area contributed by atoms with Crippen LogP contribution in [0.15, 0.2) is 54.6 Å². The normalized spacial score (nSPS) is 11.5. The van der Waals surface area contributed by atoms with Gasteiger partial charge in [0.2, 0.25) is 0 Å². The summed E-state index contributed by atoms with van der Waals surface area (Å²) < 4.78 is 12.8. The molecule has 2 aromatic rings. The van der Waals surface area contributed by atoms with E-state index in [9.17, 15) is 4.39 Å². The molecule has 0 aliphatic rings. The van der Waals surface area contributed by atoms with Crippen molar-refractivity contribution in [2.75, 3.05) is 5.75 Å². The SMILES string of the molecule is Fc1ccc(C=C(CS)c2ccccc2)cc1. The molecule has 0 saturated carbocycles. The first-order chi connectivity index (χ1) is 8.29. The van der Waals surface area contributed by atoms with E-state index in [4.69, 9.17) is 0 Å². The maximum atomic E-state index is 12.8. The Morgan fingerprint density at radius 1 is 1.00 bits per heavy atom. The van der Waals surface area contributed by atoms with Gasteiger partial charge in [0.1, 0.15) is 5.82 Å². The Kier molecular flexibility index (Phi) is 3.99. The van der Waals surface area contributed by atoms with Gasteiger partial charge in [-0.1, -0.05) is 48.5 Å². The average molecular weight is 244 g/mol. The maximum absolute atomic E-state index is 12.8. The summed E-state index contributed by atoms with van der Waals surface area (Å²) in [5, 5.41) is 0. The zero-order valence-corrected chi connectivity index (χ0v) is 10.2. The predicted octanol–water partition coefficient (Wildman–Crippen LogP) is 4.30. The molecule has 0 unspecified atom stereocenters. The smallest absolute Gasteiger partial charge is 0.123 e. The average Bonchev–Trinajstić information content (AvgIpc) is 2.39. The molecule has 0 atom stereocenters. The van der Waals surface area contributed by atoms with Gasteiger partial charge >= 0.3 is 0 Å². The van der Waals surface area contributed by atoms with Gasteiger partial charge in [-0.05, 0) is 28.8 Å². The van der Waals surface area contributed by atoms with Gasteiger partial charge in [-0.2, -0.15) is 12.6 Å². The molecule has 0 aliphatic heterocycles. The molecule has 0 amide bonds. The molecule has 0 spiro atoms. The van der Waals surface area contributed by atoms with E-state index in [0.29, 0.717) is 5.75 Å². The maximum Gasteiger partial charge on any atom is 0.123 e. The van der Waals surface area contributed by atoms with Crippen LogP contribution >= 0.6 is 12.6 Å². The molecule has 0 aliphatic carbocycles. The molecule has 0 aromatic heterocycles. The third kappa shape index (κ3) is 3.21. The topological polar surface area (TPSA) is 0 Å². The van der Waals surface area contributed by atoms with Crippen molar-refractivity contribution in [1.29, 1.82) is 0 Å². The summed E-state index contributed by atoms with van der Waals surface area (Å²) in [4.78, 5) is 0. The number of benzene rings is 2. The summed E-state index contributed by atoms with van der Waals surface area (Å²) in [6.07, 6.45) is 2.03. The first kappa shape index (κ1) is 11.9. The van der Waals surface area contributed by atoms with E-state index in [1.165, 1.54) is 12.1 Å². The van der Waals surface area contributed by atoms with Crippen molar-refractivity contribution in [2.45, 2.75) is 0 Å². The third-order valence-corrected chi connectivity index (χ3v) is 2.87. The first-order valence-electron chi connectivity index (χ1n) is 5.42. The first-order valence-corrected chi connectivity index (χ1v) is 6.05. The molecule has 0 saturated heterocycles. The second kappa shape index (κ2) is 5.69. The Morgan fingerprint density at radius 2 is 1.65 bits per heavy atom. The van der Waals surface area contributed by atoms with Gasteiger partial charge in [-0.25, -0.2) is 4.39 Å². The van der Waals surface area contributed by atoms with E-state index in [0.717, 1.165) is 16.7 Å². The second-order valence-corrected chi connectivity index (χ2v) is 4.06. The van der Waals surface area contributed by atoms with Gasteiger partial charge < -0.3 is 0 Å². The lowest BCUT2D eigenvalue weighted by Crippen LogP contribution is -1.86. The number of hydrogen-bond acceptors (Lipinski definition) is 1. The summed E-state index contributed by atoms with van der Waals surface area (Å²) in [5.41, 5.74) is 3.26. The minimum atomic E-state index is -0.214. The highest BCUT2D eigenvalue weighted by Gasteiger charge is 1.99. The summed E-state index contributed by atoms with van der Waals surface area (Å²) in [6.45, 7) is 0. The van der Waals surface area contributed by atoms with E-state index < -0.39 is 0 Å². The number of halogens is 1. The fourth-order valence-electron chi connectivity index (χ4n) is 1.63. The predicted molar refractivity (Wildman–Crippen MR) is 74.6 cm³/mol. The zero-order valence-electron chi connectivity index (χ0n) is 9.31.